The number of aliphatic hydroxyl groups excluding tert-OH is 1. The predicted octanol–water partition coefficient (Wildman–Crippen LogP) is 7.46. The largest absolute Gasteiger partial charge is 0.485 e. The molecule has 5 heteroatoms. The standard InChI is InChI=1S/C36H32O5/c37-31-20-29-18-10-11-19-32(29)41-35(31)30-21-33(38-23-26-12-4-1-5-13-26)36(40-25-28-16-8-3-9-17-28)34(22-30)39-24-27-14-6-2-7-15-27/h1-19,21-22,31,35,37H,20,23-25H2/t31-,35+/m0/s1. The molecule has 0 amide bonds. The molecule has 1 heterocycles. The molecule has 1 aliphatic heterocycles. The number of aliphatic hydroxyl groups is 1. The maximum Gasteiger partial charge on any atom is 0.203 e. The van der Waals surface area contributed by atoms with Gasteiger partial charge in [0.2, 0.25) is 5.75 Å². The summed E-state index contributed by atoms with van der Waals surface area (Å²) in [5.74, 6) is 2.33. The molecular weight excluding hydrogens is 512 g/mol. The zero-order valence-electron chi connectivity index (χ0n) is 22.7. The zero-order valence-corrected chi connectivity index (χ0v) is 22.7. The Labute approximate surface area is 240 Å². The van der Waals surface area contributed by atoms with Gasteiger partial charge >= 0.3 is 0 Å². The summed E-state index contributed by atoms with van der Waals surface area (Å²) in [7, 11) is 0. The Morgan fingerprint density at radius 1 is 0.585 bits per heavy atom. The summed E-state index contributed by atoms with van der Waals surface area (Å²) in [5.41, 5.74) is 4.83. The minimum Gasteiger partial charge on any atom is -0.485 e. The Bertz CT molecular complexity index is 1490. The molecule has 206 valence electrons. The number of hydrogen-bond donors (Lipinski definition) is 1. The molecule has 41 heavy (non-hydrogen) atoms. The lowest BCUT2D eigenvalue weighted by atomic mass is 9.94. The highest BCUT2D eigenvalue weighted by molar-refractivity contribution is 5.55. The van der Waals surface area contributed by atoms with Gasteiger partial charge in [0.15, 0.2) is 17.6 Å². The van der Waals surface area contributed by atoms with Crippen LogP contribution in [0.3, 0.4) is 0 Å². The van der Waals surface area contributed by atoms with Crippen molar-refractivity contribution in [2.75, 3.05) is 0 Å². The molecule has 2 atom stereocenters. The van der Waals surface area contributed by atoms with E-state index in [4.69, 9.17) is 18.9 Å². The molecule has 6 rings (SSSR count). The van der Waals surface area contributed by atoms with E-state index in [0.29, 0.717) is 43.5 Å². The quantitative estimate of drug-likeness (QED) is 0.198. The Balaban J connectivity index is 1.38. The number of hydrogen-bond acceptors (Lipinski definition) is 5. The minimum absolute atomic E-state index is 0.347. The highest BCUT2D eigenvalue weighted by Gasteiger charge is 2.32. The van der Waals surface area contributed by atoms with Crippen molar-refractivity contribution in [3.05, 3.63) is 155 Å². The lowest BCUT2D eigenvalue weighted by molar-refractivity contribution is 0.0205. The summed E-state index contributed by atoms with van der Waals surface area (Å²) in [4.78, 5) is 0. The summed E-state index contributed by atoms with van der Waals surface area (Å²) in [6.45, 7) is 1.04. The van der Waals surface area contributed by atoms with Crippen LogP contribution in [0, 0.1) is 0 Å². The van der Waals surface area contributed by atoms with E-state index < -0.39 is 12.2 Å². The van der Waals surface area contributed by atoms with Gasteiger partial charge in [-0.25, -0.2) is 0 Å². The van der Waals surface area contributed by atoms with Crippen LogP contribution < -0.4 is 18.9 Å². The summed E-state index contributed by atoms with van der Waals surface area (Å²) in [5, 5.41) is 11.2. The van der Waals surface area contributed by atoms with E-state index in [0.717, 1.165) is 33.6 Å². The fourth-order valence-corrected chi connectivity index (χ4v) is 4.94. The first-order valence-electron chi connectivity index (χ1n) is 13.8. The van der Waals surface area contributed by atoms with Crippen LogP contribution in [0.25, 0.3) is 0 Å². The molecule has 0 bridgehead atoms. The fraction of sp³-hybridized carbons (Fsp3) is 0.167. The van der Waals surface area contributed by atoms with Gasteiger partial charge in [-0.05, 0) is 40.5 Å². The molecule has 5 nitrogen and oxygen atoms in total. The molecule has 0 aliphatic carbocycles. The first kappa shape index (κ1) is 26.5. The van der Waals surface area contributed by atoms with Crippen LogP contribution in [0.1, 0.15) is 33.9 Å². The third-order valence-corrected chi connectivity index (χ3v) is 7.08. The number of fused-ring (bicyclic) bond motifs is 1. The van der Waals surface area contributed by atoms with Crippen LogP contribution >= 0.6 is 0 Å². The van der Waals surface area contributed by atoms with Crippen molar-refractivity contribution in [3.63, 3.8) is 0 Å². The van der Waals surface area contributed by atoms with Crippen molar-refractivity contribution in [1.82, 2.24) is 0 Å². The lowest BCUT2D eigenvalue weighted by Gasteiger charge is -2.31. The second-order valence-electron chi connectivity index (χ2n) is 10.1. The SMILES string of the molecule is O[C@H]1Cc2ccccc2O[C@@H]1c1cc(OCc2ccccc2)c(OCc2ccccc2)c(OCc2ccccc2)c1. The second kappa shape index (κ2) is 12.6. The molecule has 1 N–H and O–H groups in total. The second-order valence-corrected chi connectivity index (χ2v) is 10.1. The average Bonchev–Trinajstić information content (AvgIpc) is 3.03. The lowest BCUT2D eigenvalue weighted by Crippen LogP contribution is -2.30. The third kappa shape index (κ3) is 6.53. The number of ether oxygens (including phenoxy) is 4. The summed E-state index contributed by atoms with van der Waals surface area (Å²) in [6.07, 6.45) is -0.829. The summed E-state index contributed by atoms with van der Waals surface area (Å²) in [6, 6.07) is 41.6. The monoisotopic (exact) mass is 544 g/mol. The Morgan fingerprint density at radius 2 is 1.05 bits per heavy atom. The molecule has 5 aromatic carbocycles. The fourth-order valence-electron chi connectivity index (χ4n) is 4.94. The van der Waals surface area contributed by atoms with E-state index in [9.17, 15) is 5.11 Å². The van der Waals surface area contributed by atoms with E-state index in [-0.39, 0.29) is 0 Å². The maximum absolute atomic E-state index is 11.2. The van der Waals surface area contributed by atoms with Crippen molar-refractivity contribution in [1.29, 1.82) is 0 Å². The van der Waals surface area contributed by atoms with Gasteiger partial charge in [-0.2, -0.15) is 0 Å². The normalized spacial score (nSPS) is 15.8. The van der Waals surface area contributed by atoms with Crippen molar-refractivity contribution in [3.8, 4) is 23.0 Å². The molecular formula is C36H32O5. The van der Waals surface area contributed by atoms with Gasteiger partial charge in [0.25, 0.3) is 0 Å². The highest BCUT2D eigenvalue weighted by Crippen LogP contribution is 2.44. The van der Waals surface area contributed by atoms with Crippen LogP contribution in [0.15, 0.2) is 127 Å². The van der Waals surface area contributed by atoms with Crippen molar-refractivity contribution >= 4 is 0 Å². The third-order valence-electron chi connectivity index (χ3n) is 7.08. The van der Waals surface area contributed by atoms with Gasteiger partial charge in [0.1, 0.15) is 25.6 Å². The predicted molar refractivity (Wildman–Crippen MR) is 158 cm³/mol. The van der Waals surface area contributed by atoms with E-state index in [1.807, 2.05) is 127 Å². The average molecular weight is 545 g/mol. The van der Waals surface area contributed by atoms with Gasteiger partial charge in [0.05, 0.1) is 6.10 Å². The highest BCUT2D eigenvalue weighted by atomic mass is 16.5. The smallest absolute Gasteiger partial charge is 0.203 e. The van der Waals surface area contributed by atoms with Gasteiger partial charge in [-0.1, -0.05) is 109 Å². The molecule has 1 aliphatic rings. The molecule has 0 radical (unpaired) electrons. The van der Waals surface area contributed by atoms with Gasteiger partial charge < -0.3 is 24.1 Å². The molecule has 0 spiro atoms. The molecule has 0 saturated carbocycles. The number of para-hydroxylation sites is 1. The Kier molecular flexibility index (Phi) is 8.15. The van der Waals surface area contributed by atoms with Crippen molar-refractivity contribution in [2.45, 2.75) is 38.4 Å². The Morgan fingerprint density at radius 3 is 1.59 bits per heavy atom. The summed E-state index contributed by atoms with van der Waals surface area (Å²) >= 11 is 0. The van der Waals surface area contributed by atoms with E-state index in [1.165, 1.54) is 0 Å². The summed E-state index contributed by atoms with van der Waals surface area (Å²) < 4.78 is 25.5. The molecule has 0 fully saturated rings. The number of benzene rings is 5. The minimum atomic E-state index is -0.732. The molecule has 0 aromatic heterocycles. The number of rotatable bonds is 10. The van der Waals surface area contributed by atoms with Crippen molar-refractivity contribution in [2.24, 2.45) is 0 Å². The Hall–Kier alpha value is -4.74. The molecule has 0 unspecified atom stereocenters. The van der Waals surface area contributed by atoms with Crippen LogP contribution in [-0.2, 0) is 26.2 Å². The topological polar surface area (TPSA) is 57.2 Å². The van der Waals surface area contributed by atoms with Crippen LogP contribution in [0.2, 0.25) is 0 Å². The first-order valence-corrected chi connectivity index (χ1v) is 13.8. The molecule has 0 saturated heterocycles. The first-order chi connectivity index (χ1) is 20.2. The van der Waals surface area contributed by atoms with E-state index in [1.54, 1.807) is 0 Å². The van der Waals surface area contributed by atoms with Crippen molar-refractivity contribution < 1.29 is 24.1 Å². The van der Waals surface area contributed by atoms with Gasteiger partial charge in [-0.3, -0.25) is 0 Å². The zero-order chi connectivity index (χ0) is 27.9. The van der Waals surface area contributed by atoms with Gasteiger partial charge in [-0.15, -0.1) is 0 Å². The maximum atomic E-state index is 11.2. The molecule has 5 aromatic rings. The van der Waals surface area contributed by atoms with Crippen LogP contribution in [-0.4, -0.2) is 11.2 Å². The van der Waals surface area contributed by atoms with E-state index in [2.05, 4.69) is 0 Å². The van der Waals surface area contributed by atoms with Gasteiger partial charge in [0, 0.05) is 12.0 Å². The van der Waals surface area contributed by atoms with Crippen LogP contribution in [0.4, 0.5) is 0 Å². The van der Waals surface area contributed by atoms with Crippen LogP contribution in [0.5, 0.6) is 23.0 Å². The van der Waals surface area contributed by atoms with E-state index >= 15 is 0 Å².